The first-order valence-corrected chi connectivity index (χ1v) is 11.1. The summed E-state index contributed by atoms with van der Waals surface area (Å²) in [5.74, 6) is -2.06. The molecule has 0 aliphatic carbocycles. The van der Waals surface area contributed by atoms with E-state index in [0.29, 0.717) is 0 Å². The smallest absolute Gasteiger partial charge is 0.432 e. The molecule has 0 fully saturated rings. The van der Waals surface area contributed by atoms with E-state index in [2.05, 4.69) is 16.7 Å². The van der Waals surface area contributed by atoms with E-state index in [1.165, 1.54) is 83.5 Å². The molecule has 28 heavy (non-hydrogen) atoms. The second-order valence-electron chi connectivity index (χ2n) is 7.41. The molecular weight excluding hydrogens is 360 g/mol. The van der Waals surface area contributed by atoms with Crippen LogP contribution in [0.1, 0.15) is 117 Å². The molecule has 0 heterocycles. The van der Waals surface area contributed by atoms with Gasteiger partial charge >= 0.3 is 12.1 Å². The minimum absolute atomic E-state index is 0.217. The molecule has 0 rings (SSSR count). The molecule has 6 nitrogen and oxygen atoms in total. The van der Waals surface area contributed by atoms with Gasteiger partial charge in [-0.25, -0.2) is 14.6 Å². The topological polar surface area (TPSA) is 78.9 Å². The van der Waals surface area contributed by atoms with Gasteiger partial charge in [0.2, 0.25) is 5.78 Å². The van der Waals surface area contributed by atoms with Gasteiger partial charge in [0, 0.05) is 6.92 Å². The number of rotatable bonds is 18. The third-order valence-electron chi connectivity index (χ3n) is 4.69. The maximum absolute atomic E-state index is 11.1. The summed E-state index contributed by atoms with van der Waals surface area (Å²) in [5.41, 5.74) is 0. The van der Waals surface area contributed by atoms with Gasteiger partial charge in [-0.05, 0) is 6.42 Å². The first kappa shape index (κ1) is 26.4. The lowest BCUT2D eigenvalue weighted by Crippen LogP contribution is -2.18. The van der Waals surface area contributed by atoms with E-state index in [4.69, 9.17) is 4.74 Å². The number of unbranched alkanes of at least 4 members (excludes halogenated alkanes) is 15. The zero-order valence-electron chi connectivity index (χ0n) is 18.0. The van der Waals surface area contributed by atoms with Crippen LogP contribution in [0.3, 0.4) is 0 Å². The molecule has 0 saturated carbocycles. The summed E-state index contributed by atoms with van der Waals surface area (Å²) in [6, 6.07) is 0. The van der Waals surface area contributed by atoms with Gasteiger partial charge in [-0.2, -0.15) is 4.79 Å². The molecule has 0 atom stereocenters. The quantitative estimate of drug-likeness (QED) is 0.0865. The van der Waals surface area contributed by atoms with E-state index in [9.17, 15) is 14.4 Å². The maximum Gasteiger partial charge on any atom is 0.549 e. The highest BCUT2D eigenvalue weighted by atomic mass is 17.2. The third kappa shape index (κ3) is 19.2. The van der Waals surface area contributed by atoms with Gasteiger partial charge in [-0.1, -0.05) is 103 Å². The molecule has 0 aromatic rings. The van der Waals surface area contributed by atoms with E-state index in [0.717, 1.165) is 26.2 Å². The Morgan fingerprint density at radius 2 is 0.964 bits per heavy atom. The second-order valence-corrected chi connectivity index (χ2v) is 7.41. The van der Waals surface area contributed by atoms with Crippen molar-refractivity contribution in [3.05, 3.63) is 0 Å². The van der Waals surface area contributed by atoms with Crippen molar-refractivity contribution in [2.45, 2.75) is 117 Å². The Morgan fingerprint density at radius 1 is 0.571 bits per heavy atom. The van der Waals surface area contributed by atoms with E-state index in [-0.39, 0.29) is 6.61 Å². The highest BCUT2D eigenvalue weighted by Crippen LogP contribution is 2.13. The normalized spacial score (nSPS) is 10.5. The fourth-order valence-corrected chi connectivity index (χ4v) is 2.96. The van der Waals surface area contributed by atoms with E-state index in [1.54, 1.807) is 0 Å². The van der Waals surface area contributed by atoms with Crippen molar-refractivity contribution in [3.8, 4) is 0 Å². The lowest BCUT2D eigenvalue weighted by molar-refractivity contribution is -0.241. The number of hydrogen-bond acceptors (Lipinski definition) is 6. The van der Waals surface area contributed by atoms with E-state index < -0.39 is 17.9 Å². The Hall–Kier alpha value is -1.59. The molecule has 0 amide bonds. The van der Waals surface area contributed by atoms with Crippen molar-refractivity contribution in [2.24, 2.45) is 0 Å². The van der Waals surface area contributed by atoms with Gasteiger partial charge in [-0.3, -0.25) is 4.79 Å². The number of ketones is 1. The van der Waals surface area contributed by atoms with Crippen LogP contribution in [0, 0.1) is 0 Å². The van der Waals surface area contributed by atoms with Crippen LogP contribution in [-0.2, 0) is 24.1 Å². The molecule has 0 aromatic carbocycles. The molecule has 0 unspecified atom stereocenters. The summed E-state index contributed by atoms with van der Waals surface area (Å²) in [5, 5.41) is 0. The summed E-state index contributed by atoms with van der Waals surface area (Å²) in [7, 11) is 0. The SMILES string of the molecule is CCCCCCCCCCCCCCCCCCOC(=O)OOC(=O)C(C)=O. The minimum Gasteiger partial charge on any atom is -0.432 e. The number of carbonyl (C=O) groups is 3. The molecule has 0 bridgehead atoms. The number of hydrogen-bond donors (Lipinski definition) is 0. The van der Waals surface area contributed by atoms with Crippen molar-refractivity contribution in [2.75, 3.05) is 6.61 Å². The Kier molecular flexibility index (Phi) is 19.0. The highest BCUT2D eigenvalue weighted by Gasteiger charge is 2.14. The van der Waals surface area contributed by atoms with Crippen LogP contribution in [0.25, 0.3) is 0 Å². The van der Waals surface area contributed by atoms with Crippen LogP contribution in [0.15, 0.2) is 0 Å². The third-order valence-corrected chi connectivity index (χ3v) is 4.69. The molecule has 6 heteroatoms. The predicted molar refractivity (Wildman–Crippen MR) is 109 cm³/mol. The fourth-order valence-electron chi connectivity index (χ4n) is 2.96. The fraction of sp³-hybridized carbons (Fsp3) is 0.864. The Balaban J connectivity index is 3.18. The van der Waals surface area contributed by atoms with Gasteiger partial charge in [0.05, 0.1) is 6.61 Å². The molecular formula is C22H40O6. The molecule has 0 spiro atoms. The van der Waals surface area contributed by atoms with Crippen LogP contribution in [0.5, 0.6) is 0 Å². The van der Waals surface area contributed by atoms with Crippen LogP contribution < -0.4 is 0 Å². The zero-order chi connectivity index (χ0) is 20.9. The highest BCUT2D eigenvalue weighted by molar-refractivity contribution is 6.32. The maximum atomic E-state index is 11.1. The van der Waals surface area contributed by atoms with Gasteiger partial charge < -0.3 is 4.74 Å². The number of carbonyl (C=O) groups excluding carboxylic acids is 3. The van der Waals surface area contributed by atoms with Crippen molar-refractivity contribution in [1.29, 1.82) is 0 Å². The van der Waals surface area contributed by atoms with Gasteiger partial charge in [0.15, 0.2) is 0 Å². The molecule has 164 valence electrons. The predicted octanol–water partition coefficient (Wildman–Crippen LogP) is 6.45. The van der Waals surface area contributed by atoms with Crippen molar-refractivity contribution < 1.29 is 28.9 Å². The summed E-state index contributed by atoms with van der Waals surface area (Å²) < 4.78 is 4.74. The van der Waals surface area contributed by atoms with Crippen molar-refractivity contribution in [1.82, 2.24) is 0 Å². The lowest BCUT2D eigenvalue weighted by atomic mass is 10.0. The standard InChI is InChI=1S/C22H40O6/c1-3-4-5-6-7-8-9-10-11-12-13-14-15-16-17-18-19-26-22(25)28-27-21(24)20(2)23/h3-19H2,1-2H3. The van der Waals surface area contributed by atoms with Gasteiger partial charge in [0.1, 0.15) is 0 Å². The molecule has 0 aromatic heterocycles. The average molecular weight is 401 g/mol. The number of Topliss-reactive ketones (excluding diaryl/α,β-unsaturated/α-hetero) is 1. The average Bonchev–Trinajstić information content (AvgIpc) is 2.68. The molecule has 0 aliphatic rings. The van der Waals surface area contributed by atoms with E-state index in [1.807, 2.05) is 0 Å². The van der Waals surface area contributed by atoms with Crippen molar-refractivity contribution >= 4 is 17.9 Å². The summed E-state index contributed by atoms with van der Waals surface area (Å²) in [6.07, 6.45) is 19.3. The minimum atomic E-state index is -1.22. The zero-order valence-corrected chi connectivity index (χ0v) is 18.0. The summed E-state index contributed by atoms with van der Waals surface area (Å²) >= 11 is 0. The molecule has 0 aliphatic heterocycles. The van der Waals surface area contributed by atoms with Crippen LogP contribution in [0.2, 0.25) is 0 Å². The van der Waals surface area contributed by atoms with Gasteiger partial charge in [0.25, 0.3) is 0 Å². The largest absolute Gasteiger partial charge is 0.549 e. The van der Waals surface area contributed by atoms with Crippen LogP contribution >= 0.6 is 0 Å². The summed E-state index contributed by atoms with van der Waals surface area (Å²) in [6.45, 7) is 3.50. The Bertz CT molecular complexity index is 408. The second kappa shape index (κ2) is 20.2. The van der Waals surface area contributed by atoms with E-state index >= 15 is 0 Å². The van der Waals surface area contributed by atoms with Gasteiger partial charge in [-0.15, -0.1) is 0 Å². The summed E-state index contributed by atoms with van der Waals surface area (Å²) in [4.78, 5) is 40.5. The first-order valence-electron chi connectivity index (χ1n) is 11.1. The first-order chi connectivity index (χ1) is 13.6. The lowest BCUT2D eigenvalue weighted by Gasteiger charge is -2.04. The Labute approximate surface area is 170 Å². The Morgan fingerprint density at radius 3 is 1.36 bits per heavy atom. The molecule has 0 N–H and O–H groups in total. The van der Waals surface area contributed by atoms with Crippen LogP contribution in [0.4, 0.5) is 4.79 Å². The molecule has 0 radical (unpaired) electrons. The van der Waals surface area contributed by atoms with Crippen molar-refractivity contribution in [3.63, 3.8) is 0 Å². The number of ether oxygens (including phenoxy) is 1. The monoisotopic (exact) mass is 400 g/mol. The van der Waals surface area contributed by atoms with Crippen LogP contribution in [-0.4, -0.2) is 24.5 Å². The molecule has 0 saturated heterocycles.